The van der Waals surface area contributed by atoms with E-state index in [1.807, 2.05) is 0 Å². The predicted octanol–water partition coefficient (Wildman–Crippen LogP) is 3.57. The minimum absolute atomic E-state index is 0.0735. The Kier molecular flexibility index (Phi) is 8.04. The van der Waals surface area contributed by atoms with Gasteiger partial charge >= 0.3 is 0 Å². The third kappa shape index (κ3) is 5.76. The molecule has 2 aromatic rings. The standard InChI is InChI=1S/C26H32N4O6/c1-35-22-15-20(16-23(17-22)36-2)27-25(31)24(18-6-3-4-7-18)28-10-12-29(13-11-28)26(32)19-8-5-9-21(14-19)30(33)34/h5,8-9,14-18,24H,3-4,6-7,10-13H2,1-2H3,(H,27,31). The molecule has 0 aromatic heterocycles. The molecule has 10 nitrogen and oxygen atoms in total. The van der Waals surface area contributed by atoms with E-state index in [4.69, 9.17) is 9.47 Å². The largest absolute Gasteiger partial charge is 0.497 e. The van der Waals surface area contributed by atoms with Crippen LogP contribution in [-0.4, -0.2) is 73.0 Å². The zero-order chi connectivity index (χ0) is 25.7. The van der Waals surface area contributed by atoms with E-state index >= 15 is 0 Å². The van der Waals surface area contributed by atoms with Crippen molar-refractivity contribution in [1.29, 1.82) is 0 Å². The lowest BCUT2D eigenvalue weighted by molar-refractivity contribution is -0.384. The van der Waals surface area contributed by atoms with Gasteiger partial charge in [0.1, 0.15) is 11.5 Å². The number of anilines is 1. The average molecular weight is 497 g/mol. The van der Waals surface area contributed by atoms with E-state index in [0.717, 1.165) is 25.7 Å². The molecule has 1 aliphatic heterocycles. The lowest BCUT2D eigenvalue weighted by Gasteiger charge is -2.40. The number of methoxy groups -OCH3 is 2. The highest BCUT2D eigenvalue weighted by molar-refractivity contribution is 5.96. The Hall–Kier alpha value is -3.66. The summed E-state index contributed by atoms with van der Waals surface area (Å²) in [6.07, 6.45) is 4.19. The van der Waals surface area contributed by atoms with E-state index in [1.54, 1.807) is 43.4 Å². The topological polar surface area (TPSA) is 114 Å². The quantitative estimate of drug-likeness (QED) is 0.439. The number of hydrogen-bond donors (Lipinski definition) is 1. The van der Waals surface area contributed by atoms with Gasteiger partial charge in [0.2, 0.25) is 5.91 Å². The van der Waals surface area contributed by atoms with Crippen molar-refractivity contribution in [2.24, 2.45) is 5.92 Å². The van der Waals surface area contributed by atoms with E-state index in [1.165, 1.54) is 18.2 Å². The summed E-state index contributed by atoms with van der Waals surface area (Å²) >= 11 is 0. The summed E-state index contributed by atoms with van der Waals surface area (Å²) < 4.78 is 10.7. The summed E-state index contributed by atoms with van der Waals surface area (Å²) in [5.41, 5.74) is 0.806. The van der Waals surface area contributed by atoms with Crippen molar-refractivity contribution in [1.82, 2.24) is 9.80 Å². The van der Waals surface area contributed by atoms with Crippen molar-refractivity contribution in [3.05, 3.63) is 58.1 Å². The first-order chi connectivity index (χ1) is 17.4. The second-order valence-corrected chi connectivity index (χ2v) is 9.22. The van der Waals surface area contributed by atoms with Gasteiger partial charge in [0, 0.05) is 67.8 Å². The number of nitro benzene ring substituents is 1. The maximum absolute atomic E-state index is 13.6. The molecule has 10 heteroatoms. The second kappa shape index (κ2) is 11.4. The molecule has 1 unspecified atom stereocenters. The van der Waals surface area contributed by atoms with Gasteiger partial charge in [0.15, 0.2) is 0 Å². The maximum Gasteiger partial charge on any atom is 0.270 e. The van der Waals surface area contributed by atoms with E-state index < -0.39 is 4.92 Å². The van der Waals surface area contributed by atoms with Crippen molar-refractivity contribution in [2.75, 3.05) is 45.7 Å². The van der Waals surface area contributed by atoms with Crippen LogP contribution in [0.1, 0.15) is 36.0 Å². The van der Waals surface area contributed by atoms with Crippen LogP contribution in [-0.2, 0) is 4.79 Å². The highest BCUT2D eigenvalue weighted by Gasteiger charge is 2.37. The van der Waals surface area contributed by atoms with Gasteiger partial charge in [-0.3, -0.25) is 24.6 Å². The summed E-state index contributed by atoms with van der Waals surface area (Å²) in [6.45, 7) is 2.00. The molecule has 2 aromatic carbocycles. The fourth-order valence-electron chi connectivity index (χ4n) is 5.19. The zero-order valence-corrected chi connectivity index (χ0v) is 20.6. The number of amides is 2. The number of carbonyl (C=O) groups is 2. The normalized spacial score (nSPS) is 17.4. The Morgan fingerprint density at radius 3 is 2.22 bits per heavy atom. The number of piperazine rings is 1. The summed E-state index contributed by atoms with van der Waals surface area (Å²) in [5.74, 6) is 1.13. The molecule has 2 amide bonds. The minimum atomic E-state index is -0.503. The number of non-ortho nitro benzene ring substituents is 1. The molecule has 1 saturated carbocycles. The SMILES string of the molecule is COc1cc(NC(=O)C(C2CCCC2)N2CCN(C(=O)c3cccc([N+](=O)[O-])c3)CC2)cc(OC)c1. The van der Waals surface area contributed by atoms with Crippen molar-refractivity contribution < 1.29 is 24.0 Å². The van der Waals surface area contributed by atoms with E-state index in [9.17, 15) is 19.7 Å². The average Bonchev–Trinajstić information content (AvgIpc) is 3.43. The van der Waals surface area contributed by atoms with Crippen LogP contribution in [0.15, 0.2) is 42.5 Å². The third-order valence-electron chi connectivity index (χ3n) is 7.03. The van der Waals surface area contributed by atoms with Crippen LogP contribution in [0.4, 0.5) is 11.4 Å². The molecule has 2 aliphatic rings. The number of hydrogen-bond acceptors (Lipinski definition) is 7. The molecule has 1 N–H and O–H groups in total. The van der Waals surface area contributed by atoms with Gasteiger partial charge in [-0.05, 0) is 24.8 Å². The molecule has 0 spiro atoms. The first kappa shape index (κ1) is 25.4. The fourth-order valence-corrected chi connectivity index (χ4v) is 5.19. The number of rotatable bonds is 8. The van der Waals surface area contributed by atoms with Gasteiger partial charge < -0.3 is 19.7 Å². The summed E-state index contributed by atoms with van der Waals surface area (Å²) in [5, 5.41) is 14.1. The number of benzene rings is 2. The molecule has 36 heavy (non-hydrogen) atoms. The first-order valence-electron chi connectivity index (χ1n) is 12.2. The highest BCUT2D eigenvalue weighted by Crippen LogP contribution is 2.33. The van der Waals surface area contributed by atoms with Crippen LogP contribution in [0.2, 0.25) is 0 Å². The third-order valence-corrected chi connectivity index (χ3v) is 7.03. The summed E-state index contributed by atoms with van der Waals surface area (Å²) in [6, 6.07) is 10.8. The van der Waals surface area contributed by atoms with Crippen molar-refractivity contribution >= 4 is 23.2 Å². The van der Waals surface area contributed by atoms with Crippen LogP contribution in [0, 0.1) is 16.0 Å². The van der Waals surface area contributed by atoms with E-state index in [0.29, 0.717) is 48.9 Å². The van der Waals surface area contributed by atoms with Gasteiger partial charge in [-0.2, -0.15) is 0 Å². The molecule has 0 radical (unpaired) electrons. The molecular weight excluding hydrogens is 464 g/mol. The van der Waals surface area contributed by atoms with Gasteiger partial charge in [0.25, 0.3) is 11.6 Å². The summed E-state index contributed by atoms with van der Waals surface area (Å²) in [7, 11) is 3.13. The number of nitrogens with one attached hydrogen (secondary N) is 1. The molecule has 1 heterocycles. The van der Waals surface area contributed by atoms with Crippen LogP contribution in [0.3, 0.4) is 0 Å². The predicted molar refractivity (Wildman–Crippen MR) is 134 cm³/mol. The van der Waals surface area contributed by atoms with Gasteiger partial charge in [-0.1, -0.05) is 18.9 Å². The Morgan fingerprint density at radius 2 is 1.64 bits per heavy atom. The van der Waals surface area contributed by atoms with Gasteiger partial charge in [-0.25, -0.2) is 0 Å². The smallest absolute Gasteiger partial charge is 0.270 e. The van der Waals surface area contributed by atoms with Crippen LogP contribution >= 0.6 is 0 Å². The van der Waals surface area contributed by atoms with Crippen molar-refractivity contribution in [3.63, 3.8) is 0 Å². The van der Waals surface area contributed by atoms with Gasteiger partial charge in [-0.15, -0.1) is 0 Å². The molecule has 2 fully saturated rings. The molecular formula is C26H32N4O6. The lowest BCUT2D eigenvalue weighted by Crippen LogP contribution is -2.56. The Labute approximate surface area is 210 Å². The molecule has 1 saturated heterocycles. The number of nitro groups is 1. The molecule has 192 valence electrons. The Bertz CT molecular complexity index is 1090. The molecule has 0 bridgehead atoms. The Morgan fingerprint density at radius 1 is 1.00 bits per heavy atom. The van der Waals surface area contributed by atoms with Crippen LogP contribution < -0.4 is 14.8 Å². The number of carbonyl (C=O) groups excluding carboxylic acids is 2. The molecule has 1 aliphatic carbocycles. The fraction of sp³-hybridized carbons (Fsp3) is 0.462. The monoisotopic (exact) mass is 496 g/mol. The van der Waals surface area contributed by atoms with E-state index in [-0.39, 0.29) is 29.5 Å². The van der Waals surface area contributed by atoms with E-state index in [2.05, 4.69) is 10.2 Å². The highest BCUT2D eigenvalue weighted by atomic mass is 16.6. The van der Waals surface area contributed by atoms with Crippen molar-refractivity contribution in [2.45, 2.75) is 31.7 Å². The lowest BCUT2D eigenvalue weighted by atomic mass is 9.94. The number of ether oxygens (including phenoxy) is 2. The first-order valence-corrected chi connectivity index (χ1v) is 12.2. The maximum atomic E-state index is 13.6. The Balaban J connectivity index is 1.46. The van der Waals surface area contributed by atoms with Crippen molar-refractivity contribution in [3.8, 4) is 11.5 Å². The molecule has 4 rings (SSSR count). The van der Waals surface area contributed by atoms with Crippen LogP contribution in [0.5, 0.6) is 11.5 Å². The van der Waals surface area contributed by atoms with Crippen LogP contribution in [0.25, 0.3) is 0 Å². The molecule has 1 atom stereocenters. The zero-order valence-electron chi connectivity index (χ0n) is 20.6. The minimum Gasteiger partial charge on any atom is -0.497 e. The van der Waals surface area contributed by atoms with Gasteiger partial charge in [0.05, 0.1) is 25.2 Å². The number of nitrogens with zero attached hydrogens (tertiary/aromatic N) is 3. The summed E-state index contributed by atoms with van der Waals surface area (Å²) in [4.78, 5) is 41.0. The second-order valence-electron chi connectivity index (χ2n) is 9.22.